The van der Waals surface area contributed by atoms with Crippen LogP contribution < -0.4 is 5.56 Å². The zero-order valence-electron chi connectivity index (χ0n) is 11.6. The zero-order valence-corrected chi connectivity index (χ0v) is 11.6. The standard InChI is InChI=1S/C16H10F3N3O/c17-16(18,19)11-5-3-4-10(8-11)15-12(9-14(23)21-22-15)13-6-1-2-7-20-13/h1-9H,(H,21,23). The molecule has 0 aliphatic carbocycles. The number of nitrogens with zero attached hydrogens (tertiary/aromatic N) is 2. The molecule has 0 spiro atoms. The van der Waals surface area contributed by atoms with Crippen molar-refractivity contribution in [1.29, 1.82) is 0 Å². The van der Waals surface area contributed by atoms with Crippen LogP contribution in [-0.2, 0) is 6.18 Å². The molecule has 0 atom stereocenters. The second kappa shape index (κ2) is 5.68. The van der Waals surface area contributed by atoms with Crippen molar-refractivity contribution >= 4 is 0 Å². The first-order chi connectivity index (χ1) is 10.9. The number of aromatic nitrogens is 3. The van der Waals surface area contributed by atoms with E-state index < -0.39 is 17.3 Å². The highest BCUT2D eigenvalue weighted by molar-refractivity contribution is 5.78. The fourth-order valence-electron chi connectivity index (χ4n) is 2.18. The van der Waals surface area contributed by atoms with Gasteiger partial charge in [0.2, 0.25) is 0 Å². The first kappa shape index (κ1) is 15.0. The van der Waals surface area contributed by atoms with Crippen molar-refractivity contribution in [1.82, 2.24) is 15.2 Å². The highest BCUT2D eigenvalue weighted by Crippen LogP contribution is 2.33. The molecule has 23 heavy (non-hydrogen) atoms. The van der Waals surface area contributed by atoms with Gasteiger partial charge in [-0.3, -0.25) is 9.78 Å². The fraction of sp³-hybridized carbons (Fsp3) is 0.0625. The van der Waals surface area contributed by atoms with Crippen molar-refractivity contribution in [3.63, 3.8) is 0 Å². The summed E-state index contributed by atoms with van der Waals surface area (Å²) in [5, 5.41) is 6.16. The number of H-pyrrole nitrogens is 1. The average Bonchev–Trinajstić information content (AvgIpc) is 2.55. The van der Waals surface area contributed by atoms with Gasteiger partial charge in [-0.2, -0.15) is 18.3 Å². The van der Waals surface area contributed by atoms with E-state index >= 15 is 0 Å². The van der Waals surface area contributed by atoms with Crippen molar-refractivity contribution < 1.29 is 13.2 Å². The lowest BCUT2D eigenvalue weighted by atomic mass is 10.0. The van der Waals surface area contributed by atoms with Crippen LogP contribution in [0.25, 0.3) is 22.5 Å². The first-order valence-electron chi connectivity index (χ1n) is 6.64. The molecule has 3 aromatic rings. The Hall–Kier alpha value is -2.96. The third kappa shape index (κ3) is 3.13. The first-order valence-corrected chi connectivity index (χ1v) is 6.64. The molecule has 116 valence electrons. The molecular formula is C16H10F3N3O. The average molecular weight is 317 g/mol. The predicted octanol–water partition coefficient (Wildman–Crippen LogP) is 3.52. The molecule has 0 radical (unpaired) electrons. The lowest BCUT2D eigenvalue weighted by molar-refractivity contribution is -0.137. The highest BCUT2D eigenvalue weighted by atomic mass is 19.4. The van der Waals surface area contributed by atoms with Gasteiger partial charge in [-0.1, -0.05) is 18.2 Å². The van der Waals surface area contributed by atoms with E-state index in [1.165, 1.54) is 24.4 Å². The molecule has 0 fully saturated rings. The Morgan fingerprint density at radius 1 is 1.00 bits per heavy atom. The van der Waals surface area contributed by atoms with Crippen molar-refractivity contribution in [3.8, 4) is 22.5 Å². The van der Waals surface area contributed by atoms with Crippen LogP contribution >= 0.6 is 0 Å². The number of hydrogen-bond acceptors (Lipinski definition) is 3. The zero-order chi connectivity index (χ0) is 16.4. The van der Waals surface area contributed by atoms with E-state index in [0.717, 1.165) is 12.1 Å². The van der Waals surface area contributed by atoms with E-state index in [2.05, 4.69) is 15.2 Å². The Kier molecular flexibility index (Phi) is 3.69. The second-order valence-electron chi connectivity index (χ2n) is 4.79. The summed E-state index contributed by atoms with van der Waals surface area (Å²) in [7, 11) is 0. The minimum absolute atomic E-state index is 0.231. The maximum absolute atomic E-state index is 12.9. The third-order valence-electron chi connectivity index (χ3n) is 3.21. The molecular weight excluding hydrogens is 307 g/mol. The van der Waals surface area contributed by atoms with Crippen molar-refractivity contribution in [2.45, 2.75) is 6.18 Å². The minimum Gasteiger partial charge on any atom is -0.268 e. The van der Waals surface area contributed by atoms with Gasteiger partial charge in [-0.05, 0) is 24.3 Å². The van der Waals surface area contributed by atoms with Crippen LogP contribution in [0.4, 0.5) is 13.2 Å². The molecule has 1 N–H and O–H groups in total. The van der Waals surface area contributed by atoms with Crippen LogP contribution in [0.2, 0.25) is 0 Å². The molecule has 2 aromatic heterocycles. The van der Waals surface area contributed by atoms with Gasteiger partial charge in [0.15, 0.2) is 0 Å². The number of rotatable bonds is 2. The number of hydrogen-bond donors (Lipinski definition) is 1. The molecule has 0 unspecified atom stereocenters. The molecule has 3 rings (SSSR count). The number of alkyl halides is 3. The van der Waals surface area contributed by atoms with Gasteiger partial charge < -0.3 is 0 Å². The Bertz CT molecular complexity index is 889. The Labute approximate surface area is 128 Å². The van der Waals surface area contributed by atoms with Crippen molar-refractivity contribution in [2.75, 3.05) is 0 Å². The van der Waals surface area contributed by atoms with E-state index in [4.69, 9.17) is 0 Å². The molecule has 0 saturated heterocycles. The summed E-state index contributed by atoms with van der Waals surface area (Å²) < 4.78 is 38.6. The summed E-state index contributed by atoms with van der Waals surface area (Å²) in [5.74, 6) is 0. The van der Waals surface area contributed by atoms with Crippen LogP contribution in [0.1, 0.15) is 5.56 Å². The van der Waals surface area contributed by atoms with Gasteiger partial charge in [-0.15, -0.1) is 0 Å². The van der Waals surface area contributed by atoms with Crippen LogP contribution in [0.3, 0.4) is 0 Å². The lowest BCUT2D eigenvalue weighted by Gasteiger charge is -2.10. The molecule has 0 aliphatic rings. The van der Waals surface area contributed by atoms with Gasteiger partial charge in [0.05, 0.1) is 11.3 Å². The van der Waals surface area contributed by atoms with E-state index in [9.17, 15) is 18.0 Å². The molecule has 4 nitrogen and oxygen atoms in total. The molecule has 0 saturated carbocycles. The fourth-order valence-corrected chi connectivity index (χ4v) is 2.18. The Morgan fingerprint density at radius 2 is 1.83 bits per heavy atom. The van der Waals surface area contributed by atoms with Gasteiger partial charge in [0, 0.05) is 23.4 Å². The molecule has 7 heteroatoms. The van der Waals surface area contributed by atoms with Crippen LogP contribution in [0, 0.1) is 0 Å². The maximum Gasteiger partial charge on any atom is 0.416 e. The van der Waals surface area contributed by atoms with Gasteiger partial charge in [0.25, 0.3) is 5.56 Å². The van der Waals surface area contributed by atoms with E-state index in [1.54, 1.807) is 18.2 Å². The minimum atomic E-state index is -4.46. The quantitative estimate of drug-likeness (QED) is 0.787. The lowest BCUT2D eigenvalue weighted by Crippen LogP contribution is -2.09. The topological polar surface area (TPSA) is 58.6 Å². The van der Waals surface area contributed by atoms with Gasteiger partial charge in [0.1, 0.15) is 5.69 Å². The van der Waals surface area contributed by atoms with E-state index in [-0.39, 0.29) is 11.3 Å². The van der Waals surface area contributed by atoms with Gasteiger partial charge in [-0.25, -0.2) is 5.10 Å². The SMILES string of the molecule is O=c1cc(-c2ccccn2)c(-c2cccc(C(F)(F)F)c2)n[nH]1. The molecule has 1 aromatic carbocycles. The molecule has 2 heterocycles. The van der Waals surface area contributed by atoms with Gasteiger partial charge >= 0.3 is 6.18 Å². The third-order valence-corrected chi connectivity index (χ3v) is 3.21. The van der Waals surface area contributed by atoms with Crippen LogP contribution in [0.15, 0.2) is 59.5 Å². The molecule has 0 amide bonds. The summed E-state index contributed by atoms with van der Waals surface area (Å²) in [5.41, 5.74) is 0.0645. The molecule has 0 aliphatic heterocycles. The largest absolute Gasteiger partial charge is 0.416 e. The second-order valence-corrected chi connectivity index (χ2v) is 4.79. The number of pyridine rings is 1. The van der Waals surface area contributed by atoms with Crippen LogP contribution in [-0.4, -0.2) is 15.2 Å². The van der Waals surface area contributed by atoms with Crippen molar-refractivity contribution in [3.05, 3.63) is 70.6 Å². The predicted molar refractivity (Wildman–Crippen MR) is 78.5 cm³/mol. The smallest absolute Gasteiger partial charge is 0.268 e. The monoisotopic (exact) mass is 317 g/mol. The number of aromatic amines is 1. The maximum atomic E-state index is 12.9. The summed E-state index contributed by atoms with van der Waals surface area (Å²) >= 11 is 0. The number of benzene rings is 1. The Morgan fingerprint density at radius 3 is 2.52 bits per heavy atom. The van der Waals surface area contributed by atoms with E-state index in [0.29, 0.717) is 11.3 Å². The normalized spacial score (nSPS) is 11.4. The number of nitrogens with one attached hydrogen (secondary N) is 1. The Balaban J connectivity index is 2.20. The molecule has 0 bridgehead atoms. The summed E-state index contributed by atoms with van der Waals surface area (Å²) in [6.45, 7) is 0. The van der Waals surface area contributed by atoms with Crippen molar-refractivity contribution in [2.24, 2.45) is 0 Å². The van der Waals surface area contributed by atoms with E-state index in [1.807, 2.05) is 0 Å². The summed E-state index contributed by atoms with van der Waals surface area (Å²) in [6.07, 6.45) is -2.92. The van der Waals surface area contributed by atoms with Crippen LogP contribution in [0.5, 0.6) is 0 Å². The highest BCUT2D eigenvalue weighted by Gasteiger charge is 2.30. The number of halogens is 3. The summed E-state index contributed by atoms with van der Waals surface area (Å²) in [4.78, 5) is 15.7. The summed E-state index contributed by atoms with van der Waals surface area (Å²) in [6, 6.07) is 11.1.